The summed E-state index contributed by atoms with van der Waals surface area (Å²) in [4.78, 5) is 0. The van der Waals surface area contributed by atoms with Crippen molar-refractivity contribution < 1.29 is 14.6 Å². The first-order chi connectivity index (χ1) is 10.2. The lowest BCUT2D eigenvalue weighted by atomic mass is 9.91. The van der Waals surface area contributed by atoms with Crippen LogP contribution in [0.3, 0.4) is 0 Å². The van der Waals surface area contributed by atoms with Gasteiger partial charge in [0, 0.05) is 13.5 Å². The quantitative estimate of drug-likeness (QED) is 0.657. The molecular weight excluding hydrogens is 276 g/mol. The Balaban J connectivity index is 2.41. The van der Waals surface area contributed by atoms with Gasteiger partial charge in [-0.25, -0.2) is 0 Å². The molecule has 1 N–H and O–H groups in total. The number of ether oxygens (including phenoxy) is 2. The zero-order valence-corrected chi connectivity index (χ0v) is 15.2. The molecule has 0 unspecified atom stereocenters. The van der Waals surface area contributed by atoms with E-state index in [1.807, 2.05) is 13.8 Å². The third-order valence-electron chi connectivity index (χ3n) is 4.61. The lowest BCUT2D eigenvalue weighted by Crippen LogP contribution is -2.41. The molecule has 0 aromatic carbocycles. The lowest BCUT2D eigenvalue weighted by molar-refractivity contribution is -0.227. The molecule has 0 aliphatic carbocycles. The molecule has 0 spiro atoms. The highest BCUT2D eigenvalue weighted by atomic mass is 16.7. The zero-order chi connectivity index (χ0) is 16.8. The topological polar surface area (TPSA) is 38.7 Å². The van der Waals surface area contributed by atoms with Gasteiger partial charge in [0.2, 0.25) is 0 Å². The molecule has 1 rings (SSSR count). The minimum Gasteiger partial charge on any atom is -0.387 e. The molecule has 0 aromatic heterocycles. The SMILES string of the molecule is CO[C@@]1(C)CC[C@@H]([C@@](C)(O)CC/C=C(\C)CCC=C(C)C)O1. The molecule has 3 atom stereocenters. The zero-order valence-electron chi connectivity index (χ0n) is 15.2. The monoisotopic (exact) mass is 310 g/mol. The van der Waals surface area contributed by atoms with E-state index in [2.05, 4.69) is 32.9 Å². The van der Waals surface area contributed by atoms with Crippen LogP contribution >= 0.6 is 0 Å². The van der Waals surface area contributed by atoms with Crippen LogP contribution in [0, 0.1) is 0 Å². The van der Waals surface area contributed by atoms with Crippen LogP contribution < -0.4 is 0 Å². The number of allylic oxidation sites excluding steroid dienone is 4. The summed E-state index contributed by atoms with van der Waals surface area (Å²) in [6, 6.07) is 0. The van der Waals surface area contributed by atoms with Gasteiger partial charge in [0.1, 0.15) is 0 Å². The predicted octanol–water partition coefficient (Wildman–Crippen LogP) is 4.75. The van der Waals surface area contributed by atoms with Gasteiger partial charge >= 0.3 is 0 Å². The Hall–Kier alpha value is -0.640. The summed E-state index contributed by atoms with van der Waals surface area (Å²) in [5.74, 6) is -0.537. The van der Waals surface area contributed by atoms with Crippen molar-refractivity contribution in [3.63, 3.8) is 0 Å². The Morgan fingerprint density at radius 3 is 2.55 bits per heavy atom. The van der Waals surface area contributed by atoms with Crippen molar-refractivity contribution in [2.24, 2.45) is 0 Å². The first kappa shape index (κ1) is 19.4. The van der Waals surface area contributed by atoms with Gasteiger partial charge in [-0.05, 0) is 66.7 Å². The molecule has 22 heavy (non-hydrogen) atoms. The van der Waals surface area contributed by atoms with Gasteiger partial charge in [-0.3, -0.25) is 0 Å². The van der Waals surface area contributed by atoms with E-state index in [1.165, 1.54) is 11.1 Å². The number of hydrogen-bond acceptors (Lipinski definition) is 3. The van der Waals surface area contributed by atoms with Crippen molar-refractivity contribution in [3.8, 4) is 0 Å². The van der Waals surface area contributed by atoms with Crippen molar-refractivity contribution in [2.45, 2.75) is 90.6 Å². The molecule has 1 aliphatic heterocycles. The van der Waals surface area contributed by atoms with Gasteiger partial charge in [0.15, 0.2) is 5.79 Å². The lowest BCUT2D eigenvalue weighted by Gasteiger charge is -2.32. The van der Waals surface area contributed by atoms with Crippen LogP contribution in [0.5, 0.6) is 0 Å². The Labute approximate surface area is 136 Å². The van der Waals surface area contributed by atoms with E-state index in [9.17, 15) is 5.11 Å². The molecule has 1 saturated heterocycles. The standard InChI is InChI=1S/C19H34O3/c1-15(2)9-7-10-16(3)11-8-13-18(4,20)17-12-14-19(5,21-6)22-17/h9,11,17,20H,7-8,10,12-14H2,1-6H3/b16-11+/t17-,18-,19+/m0/s1. The van der Waals surface area contributed by atoms with E-state index >= 15 is 0 Å². The fourth-order valence-electron chi connectivity index (χ4n) is 2.86. The molecule has 0 aromatic rings. The van der Waals surface area contributed by atoms with Gasteiger partial charge < -0.3 is 14.6 Å². The van der Waals surface area contributed by atoms with Gasteiger partial charge in [-0.15, -0.1) is 0 Å². The second-order valence-corrected chi connectivity index (χ2v) is 7.25. The van der Waals surface area contributed by atoms with Crippen LogP contribution in [0.15, 0.2) is 23.3 Å². The van der Waals surface area contributed by atoms with Crippen molar-refractivity contribution in [3.05, 3.63) is 23.3 Å². The highest BCUT2D eigenvalue weighted by molar-refractivity contribution is 5.03. The largest absolute Gasteiger partial charge is 0.387 e. The summed E-state index contributed by atoms with van der Waals surface area (Å²) in [5, 5.41) is 10.7. The van der Waals surface area contributed by atoms with Crippen molar-refractivity contribution in [1.29, 1.82) is 0 Å². The molecule has 0 saturated carbocycles. The van der Waals surface area contributed by atoms with E-state index in [-0.39, 0.29) is 6.10 Å². The maximum Gasteiger partial charge on any atom is 0.165 e. The molecule has 3 heteroatoms. The fourth-order valence-corrected chi connectivity index (χ4v) is 2.86. The summed E-state index contributed by atoms with van der Waals surface area (Å²) >= 11 is 0. The average Bonchev–Trinajstić information content (AvgIpc) is 2.82. The first-order valence-electron chi connectivity index (χ1n) is 8.43. The normalized spacial score (nSPS) is 28.5. The molecule has 0 bridgehead atoms. The Bertz CT molecular complexity index is 405. The summed E-state index contributed by atoms with van der Waals surface area (Å²) in [6.07, 6.45) is 9.85. The molecular formula is C19H34O3. The number of rotatable bonds is 8. The highest BCUT2D eigenvalue weighted by Gasteiger charge is 2.44. The van der Waals surface area contributed by atoms with E-state index in [4.69, 9.17) is 9.47 Å². The van der Waals surface area contributed by atoms with Crippen molar-refractivity contribution in [2.75, 3.05) is 7.11 Å². The van der Waals surface area contributed by atoms with Crippen LogP contribution in [0.4, 0.5) is 0 Å². The molecule has 1 aliphatic rings. The van der Waals surface area contributed by atoms with E-state index in [0.717, 1.165) is 38.5 Å². The van der Waals surface area contributed by atoms with Crippen molar-refractivity contribution >= 4 is 0 Å². The molecule has 1 fully saturated rings. The number of hydrogen-bond donors (Lipinski definition) is 1. The minimum atomic E-state index is -0.799. The maximum atomic E-state index is 10.7. The summed E-state index contributed by atoms with van der Waals surface area (Å²) in [6.45, 7) is 10.3. The van der Waals surface area contributed by atoms with Crippen LogP contribution in [-0.2, 0) is 9.47 Å². The van der Waals surface area contributed by atoms with Gasteiger partial charge in [0.05, 0.1) is 11.7 Å². The molecule has 0 amide bonds. The van der Waals surface area contributed by atoms with Crippen LogP contribution in [-0.4, -0.2) is 29.7 Å². The second-order valence-electron chi connectivity index (χ2n) is 7.25. The molecule has 0 radical (unpaired) electrons. The van der Waals surface area contributed by atoms with E-state index in [1.54, 1.807) is 7.11 Å². The summed E-state index contributed by atoms with van der Waals surface area (Å²) < 4.78 is 11.3. The van der Waals surface area contributed by atoms with Crippen molar-refractivity contribution in [1.82, 2.24) is 0 Å². The minimum absolute atomic E-state index is 0.142. The summed E-state index contributed by atoms with van der Waals surface area (Å²) in [7, 11) is 1.66. The summed E-state index contributed by atoms with van der Waals surface area (Å²) in [5.41, 5.74) is 1.96. The molecule has 1 heterocycles. The van der Waals surface area contributed by atoms with Crippen LogP contribution in [0.2, 0.25) is 0 Å². The number of aliphatic hydroxyl groups is 1. The third-order valence-corrected chi connectivity index (χ3v) is 4.61. The second kappa shape index (κ2) is 8.28. The maximum absolute atomic E-state index is 10.7. The van der Waals surface area contributed by atoms with Crippen LogP contribution in [0.1, 0.15) is 73.1 Å². The predicted molar refractivity (Wildman–Crippen MR) is 91.8 cm³/mol. The number of methoxy groups -OCH3 is 1. The van der Waals surface area contributed by atoms with Gasteiger partial charge in [-0.2, -0.15) is 0 Å². The molecule has 3 nitrogen and oxygen atoms in total. The highest BCUT2D eigenvalue weighted by Crippen LogP contribution is 2.37. The Morgan fingerprint density at radius 1 is 1.32 bits per heavy atom. The fraction of sp³-hybridized carbons (Fsp3) is 0.789. The Morgan fingerprint density at radius 2 is 2.00 bits per heavy atom. The molecule has 128 valence electrons. The van der Waals surface area contributed by atoms with E-state index < -0.39 is 11.4 Å². The Kier molecular flexibility index (Phi) is 7.30. The van der Waals surface area contributed by atoms with Gasteiger partial charge in [0.25, 0.3) is 0 Å². The van der Waals surface area contributed by atoms with E-state index in [0.29, 0.717) is 0 Å². The van der Waals surface area contributed by atoms with Crippen LogP contribution in [0.25, 0.3) is 0 Å². The third kappa shape index (κ3) is 6.23. The average molecular weight is 310 g/mol. The van der Waals surface area contributed by atoms with Gasteiger partial charge in [-0.1, -0.05) is 23.3 Å². The smallest absolute Gasteiger partial charge is 0.165 e. The first-order valence-corrected chi connectivity index (χ1v) is 8.43.